The minimum absolute atomic E-state index is 0.259. The summed E-state index contributed by atoms with van der Waals surface area (Å²) in [4.78, 5) is 22.2. The summed E-state index contributed by atoms with van der Waals surface area (Å²) in [5.74, 6) is -0.208. The summed E-state index contributed by atoms with van der Waals surface area (Å²) in [7, 11) is 2.99. The van der Waals surface area contributed by atoms with Gasteiger partial charge in [0, 0.05) is 12.1 Å². The number of methoxy groups -OCH3 is 2. The minimum Gasteiger partial charge on any atom is -0.507 e. The van der Waals surface area contributed by atoms with Gasteiger partial charge in [-0.1, -0.05) is 0 Å². The number of halogens is 1. The van der Waals surface area contributed by atoms with Crippen LogP contribution in [0, 0.1) is 10.1 Å². The SMILES string of the molecule is COc1cc(/C=N\NC(=O)c2cc([N+](=O)[O-])ccc2O)cc(Br)c1OC. The van der Waals surface area contributed by atoms with Gasteiger partial charge < -0.3 is 14.6 Å². The number of nitrogens with one attached hydrogen (secondary N) is 1. The summed E-state index contributed by atoms with van der Waals surface area (Å²) in [6, 6.07) is 6.47. The molecule has 0 bridgehead atoms. The smallest absolute Gasteiger partial charge is 0.275 e. The number of nitro benzene ring substituents is 1. The second-order valence-corrected chi connectivity index (χ2v) is 5.75. The number of carbonyl (C=O) groups is 1. The molecule has 0 heterocycles. The Kier molecular flexibility index (Phi) is 6.12. The molecular weight excluding hydrogens is 410 g/mol. The van der Waals surface area contributed by atoms with Crippen LogP contribution < -0.4 is 14.9 Å². The van der Waals surface area contributed by atoms with Crippen LogP contribution in [0.1, 0.15) is 15.9 Å². The summed E-state index contributed by atoms with van der Waals surface area (Å²) >= 11 is 3.34. The van der Waals surface area contributed by atoms with Crippen LogP contribution in [0.4, 0.5) is 5.69 Å². The predicted molar refractivity (Wildman–Crippen MR) is 97.1 cm³/mol. The number of phenols is 1. The molecule has 0 fully saturated rings. The Morgan fingerprint density at radius 2 is 2.04 bits per heavy atom. The van der Waals surface area contributed by atoms with Crippen molar-refractivity contribution in [2.45, 2.75) is 0 Å². The molecule has 9 nitrogen and oxygen atoms in total. The standard InChI is InChI=1S/C16H14BrN3O6/c1-25-14-6-9(5-12(17)15(14)26-2)8-18-19-16(22)11-7-10(20(23)24)3-4-13(11)21/h3-8,21H,1-2H3,(H,19,22)/b18-8-. The van der Waals surface area contributed by atoms with Gasteiger partial charge in [-0.25, -0.2) is 5.43 Å². The largest absolute Gasteiger partial charge is 0.507 e. The highest BCUT2D eigenvalue weighted by molar-refractivity contribution is 9.10. The Bertz CT molecular complexity index is 885. The molecule has 0 saturated carbocycles. The van der Waals surface area contributed by atoms with Crippen LogP contribution in [-0.4, -0.2) is 36.4 Å². The molecule has 2 aromatic rings. The number of hydrogen-bond donors (Lipinski definition) is 2. The first kappa shape index (κ1) is 19.2. The lowest BCUT2D eigenvalue weighted by molar-refractivity contribution is -0.384. The lowest BCUT2D eigenvalue weighted by Crippen LogP contribution is -2.18. The number of aromatic hydroxyl groups is 1. The number of benzene rings is 2. The lowest BCUT2D eigenvalue weighted by Gasteiger charge is -2.10. The summed E-state index contributed by atoms with van der Waals surface area (Å²) in [6.45, 7) is 0. The number of carbonyl (C=O) groups excluding carboxylic acids is 1. The van der Waals surface area contributed by atoms with Crippen molar-refractivity contribution in [2.24, 2.45) is 5.10 Å². The van der Waals surface area contributed by atoms with Crippen LogP contribution in [0.5, 0.6) is 17.2 Å². The third-order valence-corrected chi connectivity index (χ3v) is 3.86. The number of amides is 1. The number of non-ortho nitro benzene ring substituents is 1. The zero-order chi connectivity index (χ0) is 19.3. The fourth-order valence-electron chi connectivity index (χ4n) is 2.06. The Hall–Kier alpha value is -3.14. The van der Waals surface area contributed by atoms with Crippen LogP contribution in [-0.2, 0) is 0 Å². The van der Waals surface area contributed by atoms with Crippen LogP contribution in [0.15, 0.2) is 39.9 Å². The van der Waals surface area contributed by atoms with Crippen molar-refractivity contribution in [3.63, 3.8) is 0 Å². The molecular formula is C16H14BrN3O6. The van der Waals surface area contributed by atoms with E-state index in [9.17, 15) is 20.0 Å². The third-order valence-electron chi connectivity index (χ3n) is 3.27. The van der Waals surface area contributed by atoms with E-state index in [4.69, 9.17) is 9.47 Å². The van der Waals surface area contributed by atoms with Crippen LogP contribution in [0.25, 0.3) is 0 Å². The first-order chi connectivity index (χ1) is 12.4. The topological polar surface area (TPSA) is 123 Å². The number of nitrogens with zero attached hydrogens (tertiary/aromatic N) is 2. The van der Waals surface area contributed by atoms with Gasteiger partial charge in [-0.2, -0.15) is 5.10 Å². The third kappa shape index (κ3) is 4.28. The Labute approximate surface area is 156 Å². The molecule has 136 valence electrons. The minimum atomic E-state index is -0.790. The molecule has 0 saturated heterocycles. The molecule has 0 radical (unpaired) electrons. The van der Waals surface area contributed by atoms with E-state index in [1.54, 1.807) is 12.1 Å². The summed E-state index contributed by atoms with van der Waals surface area (Å²) in [5.41, 5.74) is 2.22. The van der Waals surface area contributed by atoms with E-state index in [2.05, 4.69) is 26.5 Å². The Balaban J connectivity index is 2.18. The molecule has 0 spiro atoms. The van der Waals surface area contributed by atoms with Gasteiger partial charge in [-0.15, -0.1) is 0 Å². The highest BCUT2D eigenvalue weighted by Gasteiger charge is 2.16. The second-order valence-electron chi connectivity index (χ2n) is 4.90. The van der Waals surface area contributed by atoms with Gasteiger partial charge in [0.05, 0.1) is 35.4 Å². The van der Waals surface area contributed by atoms with E-state index < -0.39 is 16.6 Å². The lowest BCUT2D eigenvalue weighted by atomic mass is 10.1. The maximum Gasteiger partial charge on any atom is 0.275 e. The monoisotopic (exact) mass is 423 g/mol. The summed E-state index contributed by atoms with van der Waals surface area (Å²) in [6.07, 6.45) is 1.35. The van der Waals surface area contributed by atoms with Gasteiger partial charge in [-0.05, 0) is 39.7 Å². The van der Waals surface area contributed by atoms with Crippen LogP contribution >= 0.6 is 15.9 Å². The fraction of sp³-hybridized carbons (Fsp3) is 0.125. The average Bonchev–Trinajstić information content (AvgIpc) is 2.61. The van der Waals surface area contributed by atoms with Gasteiger partial charge in [0.15, 0.2) is 11.5 Å². The molecule has 0 aliphatic carbocycles. The molecule has 26 heavy (non-hydrogen) atoms. The number of ether oxygens (including phenoxy) is 2. The zero-order valence-corrected chi connectivity index (χ0v) is 15.3. The molecule has 1 amide bonds. The van der Waals surface area contributed by atoms with Gasteiger partial charge in [0.25, 0.3) is 11.6 Å². The van der Waals surface area contributed by atoms with Crippen LogP contribution in [0.2, 0.25) is 0 Å². The number of phenolic OH excluding ortho intramolecular Hbond substituents is 1. The Morgan fingerprint density at radius 3 is 2.65 bits per heavy atom. The van der Waals surface area contributed by atoms with Gasteiger partial charge in [-0.3, -0.25) is 14.9 Å². The maximum atomic E-state index is 12.1. The normalized spacial score (nSPS) is 10.6. The average molecular weight is 424 g/mol. The highest BCUT2D eigenvalue weighted by atomic mass is 79.9. The van der Waals surface area contributed by atoms with Crippen molar-refractivity contribution in [3.8, 4) is 17.2 Å². The van der Waals surface area contributed by atoms with Crippen molar-refractivity contribution in [2.75, 3.05) is 14.2 Å². The molecule has 2 rings (SSSR count). The quantitative estimate of drug-likeness (QED) is 0.418. The van der Waals surface area contributed by atoms with E-state index in [0.717, 1.165) is 18.2 Å². The molecule has 2 N–H and O–H groups in total. The van der Waals surface area contributed by atoms with Crippen molar-refractivity contribution in [1.29, 1.82) is 0 Å². The van der Waals surface area contributed by atoms with Crippen molar-refractivity contribution in [3.05, 3.63) is 56.0 Å². The second kappa shape index (κ2) is 8.30. The molecule has 0 aliphatic rings. The summed E-state index contributed by atoms with van der Waals surface area (Å²) in [5, 5.41) is 24.2. The highest BCUT2D eigenvalue weighted by Crippen LogP contribution is 2.35. The zero-order valence-electron chi connectivity index (χ0n) is 13.7. The van der Waals surface area contributed by atoms with Crippen LogP contribution in [0.3, 0.4) is 0 Å². The molecule has 0 aromatic heterocycles. The first-order valence-electron chi connectivity index (χ1n) is 7.09. The fourth-order valence-corrected chi connectivity index (χ4v) is 2.68. The number of nitro groups is 1. The number of hydrazone groups is 1. The molecule has 0 aliphatic heterocycles. The Morgan fingerprint density at radius 1 is 1.31 bits per heavy atom. The van der Waals surface area contributed by atoms with Gasteiger partial charge in [0.1, 0.15) is 5.75 Å². The predicted octanol–water partition coefficient (Wildman–Crippen LogP) is 2.84. The molecule has 0 unspecified atom stereocenters. The van der Waals surface area contributed by atoms with E-state index in [1.807, 2.05) is 0 Å². The molecule has 2 aromatic carbocycles. The van der Waals surface area contributed by atoms with E-state index in [0.29, 0.717) is 21.5 Å². The molecule has 0 atom stereocenters. The first-order valence-corrected chi connectivity index (χ1v) is 7.89. The van der Waals surface area contributed by atoms with Crippen molar-refractivity contribution < 1.29 is 24.3 Å². The van der Waals surface area contributed by atoms with Gasteiger partial charge >= 0.3 is 0 Å². The summed E-state index contributed by atoms with van der Waals surface area (Å²) < 4.78 is 11.0. The van der Waals surface area contributed by atoms with Gasteiger partial charge in [0.2, 0.25) is 0 Å². The maximum absolute atomic E-state index is 12.1. The van der Waals surface area contributed by atoms with E-state index >= 15 is 0 Å². The molecule has 10 heteroatoms. The number of rotatable bonds is 6. The van der Waals surface area contributed by atoms with E-state index in [1.165, 1.54) is 20.4 Å². The number of hydrogen-bond acceptors (Lipinski definition) is 7. The van der Waals surface area contributed by atoms with Crippen molar-refractivity contribution in [1.82, 2.24) is 5.43 Å². The van der Waals surface area contributed by atoms with E-state index in [-0.39, 0.29) is 11.3 Å². The van der Waals surface area contributed by atoms with Crippen molar-refractivity contribution >= 4 is 33.7 Å².